The zero-order valence-corrected chi connectivity index (χ0v) is 14.6. The minimum atomic E-state index is -4.27. The van der Waals surface area contributed by atoms with E-state index in [2.05, 4.69) is 27.3 Å². The molecule has 0 spiro atoms. The van der Waals surface area contributed by atoms with E-state index >= 15 is 0 Å². The Hall–Kier alpha value is -1.06. The van der Waals surface area contributed by atoms with Crippen LogP contribution in [-0.2, 0) is 14.2 Å². The van der Waals surface area contributed by atoms with Gasteiger partial charge in [-0.15, -0.1) is 0 Å². The van der Waals surface area contributed by atoms with Gasteiger partial charge in [0.2, 0.25) is 0 Å². The summed E-state index contributed by atoms with van der Waals surface area (Å²) < 4.78 is 50.9. The van der Waals surface area contributed by atoms with Crippen LogP contribution >= 0.6 is 0 Å². The number of ether oxygens (including phenoxy) is 3. The van der Waals surface area contributed by atoms with Crippen LogP contribution in [-0.4, -0.2) is 71.9 Å². The molecule has 0 aromatic carbocycles. The molecule has 6 nitrogen and oxygen atoms in total. The van der Waals surface area contributed by atoms with E-state index in [0.717, 1.165) is 19.4 Å². The van der Waals surface area contributed by atoms with Crippen LogP contribution in [0.5, 0.6) is 0 Å². The first-order valence-corrected chi connectivity index (χ1v) is 8.24. The highest BCUT2D eigenvalue weighted by atomic mass is 19.4. The molecule has 9 heteroatoms. The molecule has 0 aliphatic rings. The standard InChI is InChI=1S/C15H30F3N3O3/c1-3-4-8-22-11-12-23-10-7-21-14(19-2)20-6-5-9-24-13-15(16,17)18/h3-13H2,1-2H3,(H2,19,20,21). The number of guanidine groups is 1. The number of alkyl halides is 3. The van der Waals surface area contributed by atoms with E-state index in [9.17, 15) is 13.2 Å². The van der Waals surface area contributed by atoms with E-state index in [1.165, 1.54) is 0 Å². The van der Waals surface area contributed by atoms with Crippen molar-refractivity contribution in [2.45, 2.75) is 32.4 Å². The molecule has 0 radical (unpaired) electrons. The van der Waals surface area contributed by atoms with Gasteiger partial charge in [0, 0.05) is 33.4 Å². The molecule has 0 aliphatic heterocycles. The van der Waals surface area contributed by atoms with Gasteiger partial charge < -0.3 is 24.8 Å². The number of hydrogen-bond donors (Lipinski definition) is 2. The third-order valence-electron chi connectivity index (χ3n) is 2.80. The molecule has 0 fully saturated rings. The topological polar surface area (TPSA) is 64.1 Å². The first-order valence-electron chi connectivity index (χ1n) is 8.24. The van der Waals surface area contributed by atoms with E-state index < -0.39 is 12.8 Å². The lowest BCUT2D eigenvalue weighted by molar-refractivity contribution is -0.173. The summed E-state index contributed by atoms with van der Waals surface area (Å²) in [7, 11) is 1.62. The summed E-state index contributed by atoms with van der Waals surface area (Å²) in [5.74, 6) is 0.577. The molecule has 0 aromatic heterocycles. The number of unbranched alkanes of at least 4 members (excludes halogenated alkanes) is 1. The summed E-state index contributed by atoms with van der Waals surface area (Å²) in [6.07, 6.45) is -1.63. The van der Waals surface area contributed by atoms with Gasteiger partial charge in [0.05, 0.1) is 19.8 Å². The van der Waals surface area contributed by atoms with Crippen molar-refractivity contribution >= 4 is 5.96 Å². The van der Waals surface area contributed by atoms with Crippen molar-refractivity contribution in [3.8, 4) is 0 Å². The Kier molecular flexibility index (Phi) is 14.8. The number of rotatable bonds is 14. The van der Waals surface area contributed by atoms with Crippen LogP contribution in [0, 0.1) is 0 Å². The maximum atomic E-state index is 11.9. The Morgan fingerprint density at radius 1 is 0.875 bits per heavy atom. The van der Waals surface area contributed by atoms with Crippen molar-refractivity contribution < 1.29 is 27.4 Å². The Morgan fingerprint density at radius 2 is 1.50 bits per heavy atom. The molecule has 2 N–H and O–H groups in total. The van der Waals surface area contributed by atoms with Crippen LogP contribution in [0.25, 0.3) is 0 Å². The van der Waals surface area contributed by atoms with Crippen LogP contribution in [0.4, 0.5) is 13.2 Å². The molecule has 24 heavy (non-hydrogen) atoms. The molecule has 0 amide bonds. The van der Waals surface area contributed by atoms with E-state index in [-0.39, 0.29) is 6.61 Å². The van der Waals surface area contributed by atoms with Crippen molar-refractivity contribution in [2.24, 2.45) is 4.99 Å². The molecule has 0 aromatic rings. The van der Waals surface area contributed by atoms with Crippen molar-refractivity contribution in [3.63, 3.8) is 0 Å². The highest BCUT2D eigenvalue weighted by Crippen LogP contribution is 2.14. The largest absolute Gasteiger partial charge is 0.411 e. The second-order valence-electron chi connectivity index (χ2n) is 5.03. The number of aliphatic imine (C=N–C) groups is 1. The molecular formula is C15H30F3N3O3. The van der Waals surface area contributed by atoms with Crippen LogP contribution in [0.1, 0.15) is 26.2 Å². The van der Waals surface area contributed by atoms with Gasteiger partial charge in [0.15, 0.2) is 5.96 Å². The van der Waals surface area contributed by atoms with Crippen LogP contribution in [0.2, 0.25) is 0 Å². The van der Waals surface area contributed by atoms with Gasteiger partial charge in [-0.05, 0) is 12.8 Å². The van der Waals surface area contributed by atoms with Gasteiger partial charge in [0.25, 0.3) is 0 Å². The van der Waals surface area contributed by atoms with Crippen molar-refractivity contribution in [3.05, 3.63) is 0 Å². The number of nitrogens with zero attached hydrogens (tertiary/aromatic N) is 1. The molecular weight excluding hydrogens is 327 g/mol. The summed E-state index contributed by atoms with van der Waals surface area (Å²) >= 11 is 0. The maximum absolute atomic E-state index is 11.9. The molecule has 0 saturated heterocycles. The first kappa shape index (κ1) is 22.9. The fourth-order valence-corrected chi connectivity index (χ4v) is 1.60. The molecule has 0 aliphatic carbocycles. The third kappa shape index (κ3) is 17.3. The van der Waals surface area contributed by atoms with Gasteiger partial charge in [-0.1, -0.05) is 13.3 Å². The predicted octanol–water partition coefficient (Wildman–Crippen LogP) is 1.95. The van der Waals surface area contributed by atoms with Crippen LogP contribution < -0.4 is 10.6 Å². The highest BCUT2D eigenvalue weighted by Gasteiger charge is 2.27. The quantitative estimate of drug-likeness (QED) is 0.283. The Balaban J connectivity index is 3.41. The monoisotopic (exact) mass is 357 g/mol. The zero-order chi connectivity index (χ0) is 18.1. The fraction of sp³-hybridized carbons (Fsp3) is 0.933. The van der Waals surface area contributed by atoms with E-state index in [0.29, 0.717) is 45.3 Å². The first-order chi connectivity index (χ1) is 11.5. The van der Waals surface area contributed by atoms with Gasteiger partial charge in [-0.25, -0.2) is 0 Å². The van der Waals surface area contributed by atoms with E-state index in [1.54, 1.807) is 7.05 Å². The summed E-state index contributed by atoms with van der Waals surface area (Å²) in [6.45, 7) is 4.43. The lowest BCUT2D eigenvalue weighted by atomic mass is 10.4. The van der Waals surface area contributed by atoms with Crippen LogP contribution in [0.15, 0.2) is 4.99 Å². The minimum absolute atomic E-state index is 0.0463. The molecule has 0 bridgehead atoms. The van der Waals surface area contributed by atoms with E-state index in [4.69, 9.17) is 9.47 Å². The van der Waals surface area contributed by atoms with E-state index in [1.807, 2.05) is 0 Å². The second kappa shape index (κ2) is 15.5. The summed E-state index contributed by atoms with van der Waals surface area (Å²) in [6, 6.07) is 0. The molecule has 0 unspecified atom stereocenters. The van der Waals surface area contributed by atoms with Crippen molar-refractivity contribution in [1.29, 1.82) is 0 Å². The average molecular weight is 357 g/mol. The van der Waals surface area contributed by atoms with Crippen LogP contribution in [0.3, 0.4) is 0 Å². The Bertz CT molecular complexity index is 316. The van der Waals surface area contributed by atoms with Crippen molar-refractivity contribution in [2.75, 3.05) is 59.8 Å². The molecule has 0 saturated carbocycles. The average Bonchev–Trinajstić information content (AvgIpc) is 2.53. The predicted molar refractivity (Wildman–Crippen MR) is 87.4 cm³/mol. The SMILES string of the molecule is CCCCOCCOCCNC(=NC)NCCCOCC(F)(F)F. The van der Waals surface area contributed by atoms with Gasteiger partial charge >= 0.3 is 6.18 Å². The van der Waals surface area contributed by atoms with Gasteiger partial charge in [-0.2, -0.15) is 13.2 Å². The second-order valence-corrected chi connectivity index (χ2v) is 5.03. The minimum Gasteiger partial charge on any atom is -0.379 e. The smallest absolute Gasteiger partial charge is 0.379 e. The van der Waals surface area contributed by atoms with Crippen molar-refractivity contribution in [1.82, 2.24) is 10.6 Å². The summed E-state index contributed by atoms with van der Waals surface area (Å²) in [5.41, 5.74) is 0. The lowest BCUT2D eigenvalue weighted by Crippen LogP contribution is -2.39. The third-order valence-corrected chi connectivity index (χ3v) is 2.80. The molecule has 0 heterocycles. The lowest BCUT2D eigenvalue weighted by Gasteiger charge is -2.12. The normalized spacial score (nSPS) is 12.5. The highest BCUT2D eigenvalue weighted by molar-refractivity contribution is 5.79. The summed E-state index contributed by atoms with van der Waals surface area (Å²) in [4.78, 5) is 4.01. The zero-order valence-electron chi connectivity index (χ0n) is 14.6. The van der Waals surface area contributed by atoms with Gasteiger partial charge in [-0.3, -0.25) is 4.99 Å². The Labute approximate surface area is 142 Å². The Morgan fingerprint density at radius 3 is 2.12 bits per heavy atom. The number of nitrogens with one attached hydrogen (secondary N) is 2. The summed E-state index contributed by atoms with van der Waals surface area (Å²) in [5, 5.41) is 6.04. The van der Waals surface area contributed by atoms with Gasteiger partial charge in [0.1, 0.15) is 6.61 Å². The molecule has 144 valence electrons. The molecule has 0 atom stereocenters. The molecule has 0 rings (SSSR count). The fourth-order valence-electron chi connectivity index (χ4n) is 1.60. The number of halogens is 3. The number of hydrogen-bond acceptors (Lipinski definition) is 4. The maximum Gasteiger partial charge on any atom is 0.411 e.